The summed E-state index contributed by atoms with van der Waals surface area (Å²) in [7, 11) is 0. The third-order valence-corrected chi connectivity index (χ3v) is 3.95. The highest BCUT2D eigenvalue weighted by molar-refractivity contribution is 6.36. The molecular weight excluding hydrogens is 349 g/mol. The number of hydrogen-bond acceptors (Lipinski definition) is 4. The monoisotopic (exact) mass is 365 g/mol. The van der Waals surface area contributed by atoms with Crippen molar-refractivity contribution >= 4 is 35.0 Å². The van der Waals surface area contributed by atoms with Crippen molar-refractivity contribution in [1.29, 1.82) is 0 Å². The zero-order chi connectivity index (χ0) is 17.5. The Bertz CT molecular complexity index is 747. The fourth-order valence-corrected chi connectivity index (χ4v) is 2.63. The van der Waals surface area contributed by atoms with Crippen molar-refractivity contribution in [1.82, 2.24) is 4.98 Å². The molecule has 2 rings (SSSR count). The first-order chi connectivity index (χ1) is 11.5. The summed E-state index contributed by atoms with van der Waals surface area (Å²) >= 11 is 11.9. The van der Waals surface area contributed by atoms with Gasteiger partial charge in [-0.3, -0.25) is 9.78 Å². The lowest BCUT2D eigenvalue weighted by Gasteiger charge is -2.09. The number of Topliss-reactive ketones (excluding diaryl/α,β-unsaturated/α-hetero) is 1. The normalized spacial score (nSPS) is 10.5. The number of esters is 1. The maximum atomic E-state index is 12.5. The van der Waals surface area contributed by atoms with E-state index in [0.29, 0.717) is 28.5 Å². The number of ether oxygens (including phenoxy) is 1. The molecule has 24 heavy (non-hydrogen) atoms. The molecule has 0 bridgehead atoms. The summed E-state index contributed by atoms with van der Waals surface area (Å²) in [5.41, 5.74) is 1.01. The van der Waals surface area contributed by atoms with Gasteiger partial charge in [0.2, 0.25) is 0 Å². The van der Waals surface area contributed by atoms with Gasteiger partial charge >= 0.3 is 5.97 Å². The molecule has 4 nitrogen and oxygen atoms in total. The number of carbonyl (C=O) groups is 2. The second-order valence-corrected chi connectivity index (χ2v) is 6.05. The van der Waals surface area contributed by atoms with Crippen molar-refractivity contribution < 1.29 is 14.3 Å². The van der Waals surface area contributed by atoms with Crippen LogP contribution in [0.5, 0.6) is 0 Å². The van der Waals surface area contributed by atoms with Crippen molar-refractivity contribution in [3.05, 3.63) is 63.4 Å². The van der Waals surface area contributed by atoms with Crippen LogP contribution in [-0.2, 0) is 11.2 Å². The second-order valence-electron chi connectivity index (χ2n) is 5.21. The summed E-state index contributed by atoms with van der Waals surface area (Å²) in [6, 6.07) is 7.91. The Kier molecular flexibility index (Phi) is 6.76. The molecule has 0 aliphatic carbocycles. The summed E-state index contributed by atoms with van der Waals surface area (Å²) in [6.45, 7) is 2.36. The van der Waals surface area contributed by atoms with Gasteiger partial charge in [0.1, 0.15) is 0 Å². The average Bonchev–Trinajstić information content (AvgIpc) is 2.55. The molecule has 0 aliphatic rings. The Morgan fingerprint density at radius 3 is 2.67 bits per heavy atom. The standard InChI is InChI=1S/C18H17Cl2NO3/c1-2-3-9-24-18(23)14-5-4-8-21-16(14)11-17(22)13-7-6-12(19)10-15(13)20/h4-8,10H,2-3,9,11H2,1H3. The molecule has 0 unspecified atom stereocenters. The number of aromatic nitrogens is 1. The lowest BCUT2D eigenvalue weighted by molar-refractivity contribution is 0.0498. The Morgan fingerprint density at radius 2 is 1.96 bits per heavy atom. The Hall–Kier alpha value is -1.91. The fraction of sp³-hybridized carbons (Fsp3) is 0.278. The minimum absolute atomic E-state index is 0.0413. The smallest absolute Gasteiger partial charge is 0.340 e. The third-order valence-electron chi connectivity index (χ3n) is 3.40. The number of rotatable bonds is 7. The first kappa shape index (κ1) is 18.4. The van der Waals surface area contributed by atoms with Gasteiger partial charge < -0.3 is 4.74 Å². The second kappa shape index (κ2) is 8.81. The average molecular weight is 366 g/mol. The van der Waals surface area contributed by atoms with Crippen LogP contribution in [0, 0.1) is 0 Å². The van der Waals surface area contributed by atoms with Crippen LogP contribution < -0.4 is 0 Å². The summed E-state index contributed by atoms with van der Waals surface area (Å²) in [6.07, 6.45) is 3.22. The van der Waals surface area contributed by atoms with Crippen LogP contribution in [-0.4, -0.2) is 23.3 Å². The SMILES string of the molecule is CCCCOC(=O)c1cccnc1CC(=O)c1ccc(Cl)cc1Cl. The van der Waals surface area contributed by atoms with Gasteiger partial charge in [-0.2, -0.15) is 0 Å². The fourth-order valence-electron chi connectivity index (χ4n) is 2.11. The first-order valence-electron chi connectivity index (χ1n) is 7.62. The van der Waals surface area contributed by atoms with Gasteiger partial charge in [-0.05, 0) is 36.8 Å². The van der Waals surface area contributed by atoms with Crippen LogP contribution in [0.3, 0.4) is 0 Å². The molecule has 1 aromatic heterocycles. The van der Waals surface area contributed by atoms with Gasteiger partial charge in [-0.1, -0.05) is 36.5 Å². The van der Waals surface area contributed by atoms with Crippen LogP contribution in [0.25, 0.3) is 0 Å². The highest BCUT2D eigenvalue weighted by Crippen LogP contribution is 2.22. The molecule has 1 aromatic carbocycles. The van der Waals surface area contributed by atoms with Crippen molar-refractivity contribution in [2.45, 2.75) is 26.2 Å². The largest absolute Gasteiger partial charge is 0.462 e. The zero-order valence-electron chi connectivity index (χ0n) is 13.2. The van der Waals surface area contributed by atoms with Gasteiger partial charge in [0.05, 0.1) is 29.3 Å². The lowest BCUT2D eigenvalue weighted by Crippen LogP contribution is -2.14. The van der Waals surface area contributed by atoms with E-state index in [0.717, 1.165) is 12.8 Å². The zero-order valence-corrected chi connectivity index (χ0v) is 14.7. The lowest BCUT2D eigenvalue weighted by atomic mass is 10.0. The number of ketones is 1. The molecular formula is C18H17Cl2NO3. The molecule has 0 radical (unpaired) electrons. The predicted octanol–water partition coefficient (Wildman–Crippen LogP) is 4.77. The number of unbranched alkanes of at least 4 members (excludes halogenated alkanes) is 1. The Balaban J connectivity index is 2.17. The van der Waals surface area contributed by atoms with E-state index in [1.54, 1.807) is 24.3 Å². The van der Waals surface area contributed by atoms with E-state index in [2.05, 4.69) is 4.98 Å². The van der Waals surface area contributed by atoms with E-state index >= 15 is 0 Å². The van der Waals surface area contributed by atoms with Gasteiger partial charge in [0.15, 0.2) is 5.78 Å². The van der Waals surface area contributed by atoms with Crippen molar-refractivity contribution in [2.75, 3.05) is 6.61 Å². The van der Waals surface area contributed by atoms with Crippen LogP contribution in [0.15, 0.2) is 36.5 Å². The van der Waals surface area contributed by atoms with E-state index in [4.69, 9.17) is 27.9 Å². The topological polar surface area (TPSA) is 56.3 Å². The number of halogens is 2. The highest BCUT2D eigenvalue weighted by Gasteiger charge is 2.18. The molecule has 1 heterocycles. The van der Waals surface area contributed by atoms with Gasteiger partial charge in [-0.25, -0.2) is 4.79 Å². The van der Waals surface area contributed by atoms with Crippen LogP contribution >= 0.6 is 23.2 Å². The summed E-state index contributed by atoms with van der Waals surface area (Å²) in [5.74, 6) is -0.709. The van der Waals surface area contributed by atoms with Crippen LogP contribution in [0.2, 0.25) is 10.0 Å². The highest BCUT2D eigenvalue weighted by atomic mass is 35.5. The van der Waals surface area contributed by atoms with Gasteiger partial charge in [0, 0.05) is 16.8 Å². The Labute approximate surface area is 150 Å². The molecule has 0 amide bonds. The number of benzene rings is 1. The van der Waals surface area contributed by atoms with Crippen molar-refractivity contribution in [3.63, 3.8) is 0 Å². The number of pyridine rings is 1. The maximum absolute atomic E-state index is 12.5. The molecule has 2 aromatic rings. The van der Waals surface area contributed by atoms with E-state index in [1.807, 2.05) is 6.92 Å². The molecule has 0 saturated carbocycles. The molecule has 0 N–H and O–H groups in total. The summed E-state index contributed by atoms with van der Waals surface area (Å²) in [4.78, 5) is 28.8. The molecule has 0 atom stereocenters. The van der Waals surface area contributed by atoms with Gasteiger partial charge in [0.25, 0.3) is 0 Å². The van der Waals surface area contributed by atoms with Crippen LogP contribution in [0.4, 0.5) is 0 Å². The van der Waals surface area contributed by atoms with Crippen LogP contribution in [0.1, 0.15) is 46.2 Å². The van der Waals surface area contributed by atoms with Crippen molar-refractivity contribution in [3.8, 4) is 0 Å². The number of hydrogen-bond donors (Lipinski definition) is 0. The summed E-state index contributed by atoms with van der Waals surface area (Å²) < 4.78 is 5.20. The van der Waals surface area contributed by atoms with Crippen molar-refractivity contribution in [2.24, 2.45) is 0 Å². The molecule has 0 aliphatic heterocycles. The quantitative estimate of drug-likeness (QED) is 0.402. The minimum atomic E-state index is -0.471. The first-order valence-corrected chi connectivity index (χ1v) is 8.37. The molecule has 0 saturated heterocycles. The molecule has 6 heteroatoms. The Morgan fingerprint density at radius 1 is 1.17 bits per heavy atom. The van der Waals surface area contributed by atoms with E-state index in [9.17, 15) is 9.59 Å². The maximum Gasteiger partial charge on any atom is 0.340 e. The van der Waals surface area contributed by atoms with E-state index in [1.165, 1.54) is 12.3 Å². The molecule has 0 fully saturated rings. The number of nitrogens with zero attached hydrogens (tertiary/aromatic N) is 1. The summed E-state index contributed by atoms with van der Waals surface area (Å²) in [5, 5.41) is 0.727. The predicted molar refractivity (Wildman–Crippen MR) is 93.9 cm³/mol. The number of carbonyl (C=O) groups excluding carboxylic acids is 2. The van der Waals surface area contributed by atoms with E-state index < -0.39 is 5.97 Å². The minimum Gasteiger partial charge on any atom is -0.462 e. The molecule has 0 spiro atoms. The molecule has 126 valence electrons. The third kappa shape index (κ3) is 4.79. The van der Waals surface area contributed by atoms with E-state index in [-0.39, 0.29) is 17.2 Å². The van der Waals surface area contributed by atoms with Gasteiger partial charge in [-0.15, -0.1) is 0 Å².